The first-order valence-electron chi connectivity index (χ1n) is 8.66. The number of rotatable bonds is 9. The maximum absolute atomic E-state index is 12.1. The Labute approximate surface area is 164 Å². The molecule has 0 heterocycles. The Morgan fingerprint density at radius 3 is 1.93 bits per heavy atom. The minimum atomic E-state index is -3.69. The van der Waals surface area contributed by atoms with Gasteiger partial charge in [0, 0.05) is 18.7 Å². The van der Waals surface area contributed by atoms with Crippen LogP contribution in [0.15, 0.2) is 53.4 Å². The number of carbonyl (C=O) groups excluding carboxylic acids is 3. The van der Waals surface area contributed by atoms with Crippen LogP contribution in [-0.4, -0.2) is 39.0 Å². The van der Waals surface area contributed by atoms with E-state index in [0.29, 0.717) is 5.56 Å². The maximum Gasteiger partial charge on any atom is 0.287 e. The molecular weight excluding hydrogens is 380 g/mol. The standard InChI is InChI=1S/C20H22N2O5S/c1-14-3-7-16(8-4-14)18(23)13-19(24)20(25)21-11-12-22-28(26,27)17-9-5-15(2)6-10-17/h3-10,22H,11-13H2,1-2H3,(H,21,25). The van der Waals surface area contributed by atoms with Gasteiger partial charge in [0.15, 0.2) is 5.78 Å². The normalized spacial score (nSPS) is 11.1. The number of ketones is 2. The predicted octanol–water partition coefficient (Wildman–Crippen LogP) is 1.54. The van der Waals surface area contributed by atoms with E-state index in [-0.39, 0.29) is 18.0 Å². The van der Waals surface area contributed by atoms with Gasteiger partial charge in [-0.05, 0) is 26.0 Å². The zero-order valence-corrected chi connectivity index (χ0v) is 16.5. The molecule has 0 saturated heterocycles. The molecule has 0 saturated carbocycles. The van der Waals surface area contributed by atoms with Crippen LogP contribution < -0.4 is 10.0 Å². The molecule has 0 fully saturated rings. The van der Waals surface area contributed by atoms with Gasteiger partial charge >= 0.3 is 0 Å². The van der Waals surface area contributed by atoms with Crippen LogP contribution in [0, 0.1) is 13.8 Å². The summed E-state index contributed by atoms with van der Waals surface area (Å²) in [5.41, 5.74) is 2.27. The van der Waals surface area contributed by atoms with E-state index in [9.17, 15) is 22.8 Å². The number of nitrogens with one attached hydrogen (secondary N) is 2. The molecule has 0 unspecified atom stereocenters. The molecule has 0 aliphatic rings. The molecule has 7 nitrogen and oxygen atoms in total. The van der Waals surface area contributed by atoms with E-state index in [0.717, 1.165) is 11.1 Å². The Hall–Kier alpha value is -2.84. The highest BCUT2D eigenvalue weighted by Crippen LogP contribution is 2.09. The Balaban J connectivity index is 1.78. The highest BCUT2D eigenvalue weighted by Gasteiger charge is 2.19. The molecule has 8 heteroatoms. The maximum atomic E-state index is 12.1. The molecule has 0 radical (unpaired) electrons. The van der Waals surface area contributed by atoms with E-state index in [1.165, 1.54) is 12.1 Å². The molecule has 148 valence electrons. The van der Waals surface area contributed by atoms with Gasteiger partial charge in [0.05, 0.1) is 11.3 Å². The topological polar surface area (TPSA) is 109 Å². The lowest BCUT2D eigenvalue weighted by molar-refractivity contribution is -0.137. The van der Waals surface area contributed by atoms with Crippen molar-refractivity contribution in [2.45, 2.75) is 25.2 Å². The molecule has 0 aromatic heterocycles. The Kier molecular flexibility index (Phi) is 7.19. The van der Waals surface area contributed by atoms with Crippen molar-refractivity contribution < 1.29 is 22.8 Å². The summed E-state index contributed by atoms with van der Waals surface area (Å²) >= 11 is 0. The van der Waals surface area contributed by atoms with Gasteiger partial charge in [-0.25, -0.2) is 13.1 Å². The molecule has 2 rings (SSSR count). The lowest BCUT2D eigenvalue weighted by Gasteiger charge is -2.08. The fourth-order valence-electron chi connectivity index (χ4n) is 2.33. The third kappa shape index (κ3) is 6.11. The van der Waals surface area contributed by atoms with Crippen molar-refractivity contribution in [3.05, 3.63) is 65.2 Å². The number of carbonyl (C=O) groups is 3. The van der Waals surface area contributed by atoms with E-state index in [4.69, 9.17) is 0 Å². The van der Waals surface area contributed by atoms with Gasteiger partial charge < -0.3 is 5.32 Å². The van der Waals surface area contributed by atoms with Crippen molar-refractivity contribution in [3.8, 4) is 0 Å². The average molecular weight is 402 g/mol. The fraction of sp³-hybridized carbons (Fsp3) is 0.250. The number of aryl methyl sites for hydroxylation is 2. The van der Waals surface area contributed by atoms with E-state index >= 15 is 0 Å². The summed E-state index contributed by atoms with van der Waals surface area (Å²) < 4.78 is 26.6. The Morgan fingerprint density at radius 1 is 0.821 bits per heavy atom. The molecule has 0 atom stereocenters. The number of amides is 1. The van der Waals surface area contributed by atoms with Gasteiger partial charge in [0.2, 0.25) is 15.8 Å². The van der Waals surface area contributed by atoms with Crippen LogP contribution >= 0.6 is 0 Å². The largest absolute Gasteiger partial charge is 0.348 e. The lowest BCUT2D eigenvalue weighted by Crippen LogP contribution is -2.38. The third-order valence-electron chi connectivity index (χ3n) is 3.98. The van der Waals surface area contributed by atoms with Crippen LogP contribution in [0.2, 0.25) is 0 Å². The SMILES string of the molecule is Cc1ccc(C(=O)CC(=O)C(=O)NCCNS(=O)(=O)c2ccc(C)cc2)cc1. The van der Waals surface area contributed by atoms with Gasteiger partial charge in [-0.1, -0.05) is 47.5 Å². The van der Waals surface area contributed by atoms with Crippen LogP contribution in [0.25, 0.3) is 0 Å². The van der Waals surface area contributed by atoms with E-state index in [1.807, 2.05) is 13.8 Å². The Bertz CT molecular complexity index is 965. The highest BCUT2D eigenvalue weighted by molar-refractivity contribution is 7.89. The molecular formula is C20H22N2O5S. The van der Waals surface area contributed by atoms with Crippen LogP contribution in [0.4, 0.5) is 0 Å². The smallest absolute Gasteiger partial charge is 0.287 e. The van der Waals surface area contributed by atoms with Gasteiger partial charge in [0.25, 0.3) is 5.91 Å². The number of hydrogen-bond donors (Lipinski definition) is 2. The van der Waals surface area contributed by atoms with E-state index in [1.54, 1.807) is 36.4 Å². The molecule has 1 amide bonds. The van der Waals surface area contributed by atoms with Crippen LogP contribution in [0.1, 0.15) is 27.9 Å². The second-order valence-electron chi connectivity index (χ2n) is 6.36. The van der Waals surface area contributed by atoms with Gasteiger partial charge in [-0.3, -0.25) is 14.4 Å². The minimum Gasteiger partial charge on any atom is -0.348 e. The second-order valence-corrected chi connectivity index (χ2v) is 8.12. The number of benzene rings is 2. The number of Topliss-reactive ketones (excluding diaryl/α,β-unsaturated/α-hetero) is 2. The molecule has 0 aliphatic heterocycles. The monoisotopic (exact) mass is 402 g/mol. The highest BCUT2D eigenvalue weighted by atomic mass is 32.2. The predicted molar refractivity (Wildman–Crippen MR) is 105 cm³/mol. The molecule has 2 N–H and O–H groups in total. The van der Waals surface area contributed by atoms with E-state index < -0.39 is 33.9 Å². The van der Waals surface area contributed by atoms with Crippen molar-refractivity contribution in [3.63, 3.8) is 0 Å². The van der Waals surface area contributed by atoms with Crippen molar-refractivity contribution >= 4 is 27.5 Å². The van der Waals surface area contributed by atoms with E-state index in [2.05, 4.69) is 10.0 Å². The van der Waals surface area contributed by atoms with Crippen LogP contribution in [0.3, 0.4) is 0 Å². The quantitative estimate of drug-likeness (QED) is 0.286. The van der Waals surface area contributed by atoms with Crippen molar-refractivity contribution in [1.82, 2.24) is 10.0 Å². The van der Waals surface area contributed by atoms with Gasteiger partial charge in [-0.2, -0.15) is 0 Å². The van der Waals surface area contributed by atoms with Crippen LogP contribution in [-0.2, 0) is 19.6 Å². The number of sulfonamides is 1. The molecule has 0 bridgehead atoms. The van der Waals surface area contributed by atoms with Gasteiger partial charge in [-0.15, -0.1) is 0 Å². The van der Waals surface area contributed by atoms with Crippen molar-refractivity contribution in [2.24, 2.45) is 0 Å². The second kappa shape index (κ2) is 9.38. The first-order valence-corrected chi connectivity index (χ1v) is 10.1. The average Bonchev–Trinajstić information content (AvgIpc) is 2.65. The zero-order valence-electron chi connectivity index (χ0n) is 15.7. The summed E-state index contributed by atoms with van der Waals surface area (Å²) in [6.07, 6.45) is -0.538. The number of hydrogen-bond acceptors (Lipinski definition) is 5. The Morgan fingerprint density at radius 2 is 1.36 bits per heavy atom. The fourth-order valence-corrected chi connectivity index (χ4v) is 3.36. The molecule has 2 aromatic rings. The summed E-state index contributed by atoms with van der Waals surface area (Å²) in [5, 5.41) is 2.31. The molecule has 0 spiro atoms. The first-order chi connectivity index (χ1) is 13.2. The third-order valence-corrected chi connectivity index (χ3v) is 5.46. The summed E-state index contributed by atoms with van der Waals surface area (Å²) in [6.45, 7) is 3.56. The summed E-state index contributed by atoms with van der Waals surface area (Å²) in [6, 6.07) is 13.0. The van der Waals surface area contributed by atoms with Gasteiger partial charge in [0.1, 0.15) is 0 Å². The first kappa shape index (κ1) is 21.5. The lowest BCUT2D eigenvalue weighted by atomic mass is 10.0. The van der Waals surface area contributed by atoms with Crippen molar-refractivity contribution in [2.75, 3.05) is 13.1 Å². The van der Waals surface area contributed by atoms with Crippen LogP contribution in [0.5, 0.6) is 0 Å². The summed E-state index contributed by atoms with van der Waals surface area (Å²) in [5.74, 6) is -2.23. The summed E-state index contributed by atoms with van der Waals surface area (Å²) in [7, 11) is -3.69. The summed E-state index contributed by atoms with van der Waals surface area (Å²) in [4.78, 5) is 35.8. The minimum absolute atomic E-state index is 0.0750. The van der Waals surface area contributed by atoms with Crippen molar-refractivity contribution in [1.29, 1.82) is 0 Å². The molecule has 0 aliphatic carbocycles. The molecule has 28 heavy (non-hydrogen) atoms. The molecule has 2 aromatic carbocycles. The zero-order chi connectivity index (χ0) is 20.7.